The van der Waals surface area contributed by atoms with Crippen molar-refractivity contribution in [1.29, 1.82) is 0 Å². The van der Waals surface area contributed by atoms with E-state index in [-0.39, 0.29) is 0 Å². The van der Waals surface area contributed by atoms with Gasteiger partial charge in [-0.3, -0.25) is 0 Å². The monoisotopic (exact) mass is 230 g/mol. The standard InChI is InChI=1S/C17H26/c1-10(2)13-9-14-11-7-5-3-4-6-8-12(11)15-16(13)17(14)15/h9-12,14-17H,3-8H2,1-2H3. The van der Waals surface area contributed by atoms with Gasteiger partial charge in [-0.25, -0.2) is 0 Å². The summed E-state index contributed by atoms with van der Waals surface area (Å²) in [7, 11) is 0. The molecule has 0 radical (unpaired) electrons. The Kier molecular flexibility index (Phi) is 2.27. The Morgan fingerprint density at radius 3 is 2.35 bits per heavy atom. The van der Waals surface area contributed by atoms with E-state index in [1.165, 1.54) is 25.7 Å². The summed E-state index contributed by atoms with van der Waals surface area (Å²) in [6.07, 6.45) is 11.9. The van der Waals surface area contributed by atoms with Crippen LogP contribution in [0.25, 0.3) is 0 Å². The van der Waals surface area contributed by atoms with Crippen LogP contribution in [0.4, 0.5) is 0 Å². The third-order valence-electron chi connectivity index (χ3n) is 6.38. The van der Waals surface area contributed by atoms with Crippen LogP contribution < -0.4 is 0 Å². The van der Waals surface area contributed by atoms with Crippen molar-refractivity contribution in [3.05, 3.63) is 11.6 Å². The minimum Gasteiger partial charge on any atom is -0.0811 e. The highest BCUT2D eigenvalue weighted by Gasteiger charge is 2.69. The molecule has 0 nitrogen and oxygen atoms in total. The van der Waals surface area contributed by atoms with E-state index >= 15 is 0 Å². The van der Waals surface area contributed by atoms with Crippen LogP contribution >= 0.6 is 0 Å². The molecule has 94 valence electrons. The largest absolute Gasteiger partial charge is 0.0811 e. The lowest BCUT2D eigenvalue weighted by atomic mass is 9.77. The molecule has 4 aliphatic carbocycles. The highest BCUT2D eigenvalue weighted by molar-refractivity contribution is 5.36. The maximum absolute atomic E-state index is 2.74. The van der Waals surface area contributed by atoms with Gasteiger partial charge in [-0.2, -0.15) is 0 Å². The Bertz CT molecular complexity index is 351. The minimum atomic E-state index is 0.821. The fourth-order valence-electron chi connectivity index (χ4n) is 5.78. The summed E-state index contributed by atoms with van der Waals surface area (Å²) in [4.78, 5) is 0. The molecule has 0 aromatic heterocycles. The molecule has 17 heavy (non-hydrogen) atoms. The summed E-state index contributed by atoms with van der Waals surface area (Å²) in [5, 5.41) is 0. The summed E-state index contributed by atoms with van der Waals surface area (Å²) in [5.41, 5.74) is 1.86. The van der Waals surface area contributed by atoms with Gasteiger partial charge in [-0.05, 0) is 54.3 Å². The first-order chi connectivity index (χ1) is 8.29. The number of hydrogen-bond donors (Lipinski definition) is 0. The van der Waals surface area contributed by atoms with Crippen LogP contribution in [0.2, 0.25) is 0 Å². The normalized spacial score (nSPS) is 51.6. The van der Waals surface area contributed by atoms with Crippen LogP contribution in [-0.4, -0.2) is 0 Å². The lowest BCUT2D eigenvalue weighted by molar-refractivity contribution is 0.229. The number of rotatable bonds is 1. The lowest BCUT2D eigenvalue weighted by Crippen LogP contribution is -2.20. The van der Waals surface area contributed by atoms with Gasteiger partial charge in [0.1, 0.15) is 0 Å². The summed E-state index contributed by atoms with van der Waals surface area (Å²) < 4.78 is 0. The fraction of sp³-hybridized carbons (Fsp3) is 0.882. The Morgan fingerprint density at radius 1 is 0.941 bits per heavy atom. The Hall–Kier alpha value is -0.260. The van der Waals surface area contributed by atoms with E-state index in [2.05, 4.69) is 19.9 Å². The zero-order valence-electron chi connectivity index (χ0n) is 11.4. The van der Waals surface area contributed by atoms with Crippen LogP contribution in [0.3, 0.4) is 0 Å². The predicted octanol–water partition coefficient (Wildman–Crippen LogP) is 4.66. The van der Waals surface area contributed by atoms with Crippen LogP contribution in [0.1, 0.15) is 52.4 Å². The molecule has 0 N–H and O–H groups in total. The number of hydrogen-bond acceptors (Lipinski definition) is 0. The fourth-order valence-corrected chi connectivity index (χ4v) is 5.78. The van der Waals surface area contributed by atoms with E-state index in [0.717, 1.165) is 41.4 Å². The summed E-state index contributed by atoms with van der Waals surface area (Å²) in [6, 6.07) is 0. The van der Waals surface area contributed by atoms with Crippen molar-refractivity contribution in [2.45, 2.75) is 52.4 Å². The molecule has 0 aromatic rings. The van der Waals surface area contributed by atoms with E-state index < -0.39 is 0 Å². The highest BCUT2D eigenvalue weighted by Crippen LogP contribution is 2.74. The van der Waals surface area contributed by atoms with Crippen LogP contribution in [0, 0.1) is 41.4 Å². The highest BCUT2D eigenvalue weighted by atomic mass is 14.7. The Balaban J connectivity index is 1.61. The lowest BCUT2D eigenvalue weighted by Gasteiger charge is -2.28. The third kappa shape index (κ3) is 1.36. The van der Waals surface area contributed by atoms with Crippen molar-refractivity contribution in [2.75, 3.05) is 0 Å². The van der Waals surface area contributed by atoms with E-state index in [1.54, 1.807) is 12.8 Å². The van der Waals surface area contributed by atoms with Crippen molar-refractivity contribution in [1.82, 2.24) is 0 Å². The van der Waals surface area contributed by atoms with Crippen LogP contribution in [0.5, 0.6) is 0 Å². The Morgan fingerprint density at radius 2 is 1.65 bits per heavy atom. The zero-order valence-corrected chi connectivity index (χ0v) is 11.4. The summed E-state index contributed by atoms with van der Waals surface area (Å²) in [5.74, 6) is 7.39. The second-order valence-electron chi connectivity index (χ2n) is 7.40. The van der Waals surface area contributed by atoms with Crippen molar-refractivity contribution in [3.63, 3.8) is 0 Å². The molecule has 0 aromatic carbocycles. The van der Waals surface area contributed by atoms with Gasteiger partial charge in [0.15, 0.2) is 0 Å². The average Bonchev–Trinajstić information content (AvgIpc) is 2.75. The third-order valence-corrected chi connectivity index (χ3v) is 6.38. The van der Waals surface area contributed by atoms with Crippen molar-refractivity contribution in [3.8, 4) is 0 Å². The maximum atomic E-state index is 2.74. The molecule has 0 heteroatoms. The van der Waals surface area contributed by atoms with Gasteiger partial charge in [0.2, 0.25) is 0 Å². The number of fused-ring (bicyclic) bond motifs is 4. The molecule has 6 atom stereocenters. The molecule has 6 unspecified atom stereocenters. The quantitative estimate of drug-likeness (QED) is 0.575. The SMILES string of the molecule is CC(C)C1=CC2C3CCCCCCC3C3C1C23. The first kappa shape index (κ1) is 10.6. The second kappa shape index (κ2) is 3.62. The van der Waals surface area contributed by atoms with Gasteiger partial charge < -0.3 is 0 Å². The molecule has 3 fully saturated rings. The molecule has 0 aliphatic heterocycles. The molecule has 0 saturated heterocycles. The van der Waals surface area contributed by atoms with E-state index in [1.807, 2.05) is 5.57 Å². The average molecular weight is 230 g/mol. The van der Waals surface area contributed by atoms with E-state index in [0.29, 0.717) is 0 Å². The van der Waals surface area contributed by atoms with Crippen LogP contribution in [-0.2, 0) is 0 Å². The molecule has 0 bridgehead atoms. The Labute approximate surface area is 106 Å². The van der Waals surface area contributed by atoms with Crippen molar-refractivity contribution in [2.24, 2.45) is 41.4 Å². The topological polar surface area (TPSA) is 0 Å². The molecule has 0 spiro atoms. The first-order valence-electron chi connectivity index (χ1n) is 8.00. The second-order valence-corrected chi connectivity index (χ2v) is 7.40. The smallest absolute Gasteiger partial charge is 0.0129 e. The molecule has 4 aliphatic rings. The first-order valence-corrected chi connectivity index (χ1v) is 8.00. The van der Waals surface area contributed by atoms with Gasteiger partial charge >= 0.3 is 0 Å². The van der Waals surface area contributed by atoms with Gasteiger partial charge in [0, 0.05) is 0 Å². The van der Waals surface area contributed by atoms with Gasteiger partial charge in [-0.1, -0.05) is 51.2 Å². The van der Waals surface area contributed by atoms with Crippen molar-refractivity contribution < 1.29 is 0 Å². The van der Waals surface area contributed by atoms with E-state index in [9.17, 15) is 0 Å². The molecule has 3 saturated carbocycles. The summed E-state index contributed by atoms with van der Waals surface area (Å²) >= 11 is 0. The van der Waals surface area contributed by atoms with Gasteiger partial charge in [-0.15, -0.1) is 0 Å². The minimum absolute atomic E-state index is 0.821. The van der Waals surface area contributed by atoms with E-state index in [4.69, 9.17) is 0 Å². The molecular weight excluding hydrogens is 204 g/mol. The maximum Gasteiger partial charge on any atom is -0.0129 e. The van der Waals surface area contributed by atoms with Crippen molar-refractivity contribution >= 4 is 0 Å². The molecule has 0 heterocycles. The number of allylic oxidation sites excluding steroid dienone is 2. The molecule has 0 amide bonds. The molecular formula is C17H26. The zero-order chi connectivity index (χ0) is 11.6. The predicted molar refractivity (Wildman–Crippen MR) is 71.6 cm³/mol. The van der Waals surface area contributed by atoms with Gasteiger partial charge in [0.25, 0.3) is 0 Å². The van der Waals surface area contributed by atoms with Gasteiger partial charge in [0.05, 0.1) is 0 Å². The van der Waals surface area contributed by atoms with Crippen LogP contribution in [0.15, 0.2) is 11.6 Å². The molecule has 4 rings (SSSR count). The summed E-state index contributed by atoms with van der Waals surface area (Å²) in [6.45, 7) is 4.82.